The van der Waals surface area contributed by atoms with Gasteiger partial charge in [0.05, 0.1) is 28.9 Å². The number of nitrogens with zero attached hydrogens (tertiary/aromatic N) is 3. The number of hydrogen-bond acceptors (Lipinski definition) is 5. The topological polar surface area (TPSA) is 82.1 Å². The number of amides is 3. The number of benzene rings is 2. The summed E-state index contributed by atoms with van der Waals surface area (Å²) in [5.74, 6) is -3.62. The Kier molecular flexibility index (Phi) is 6.00. The van der Waals surface area contributed by atoms with Crippen LogP contribution in [-0.2, 0) is 14.4 Å². The minimum atomic E-state index is -4.45. The van der Waals surface area contributed by atoms with Gasteiger partial charge in [0.25, 0.3) is 5.91 Å². The normalized spacial score (nSPS) is 25.2. The first-order valence-corrected chi connectivity index (χ1v) is 13.0. The molecule has 3 amide bonds. The Morgan fingerprint density at radius 2 is 1.66 bits per heavy atom. The molecule has 1 saturated carbocycles. The van der Waals surface area contributed by atoms with Gasteiger partial charge in [-0.1, -0.05) is 55.3 Å². The van der Waals surface area contributed by atoms with Gasteiger partial charge in [-0.3, -0.25) is 14.4 Å². The van der Waals surface area contributed by atoms with E-state index in [1.165, 1.54) is 0 Å². The predicted octanol–water partition coefficient (Wildman–Crippen LogP) is 4.37. The van der Waals surface area contributed by atoms with E-state index in [0.717, 1.165) is 23.4 Å². The van der Waals surface area contributed by atoms with E-state index in [1.54, 1.807) is 4.90 Å². The fourth-order valence-corrected chi connectivity index (χ4v) is 5.86. The number of alkyl halides is 3. The fourth-order valence-electron chi connectivity index (χ4n) is 5.86. The molecule has 0 bridgehead atoms. The Balaban J connectivity index is 1.45. The van der Waals surface area contributed by atoms with Crippen LogP contribution in [0.5, 0.6) is 0 Å². The van der Waals surface area contributed by atoms with Crippen molar-refractivity contribution < 1.29 is 27.6 Å². The molecule has 10 heteroatoms. The molecule has 0 aromatic heterocycles. The summed E-state index contributed by atoms with van der Waals surface area (Å²) in [5.41, 5.74) is 3.19. The van der Waals surface area contributed by atoms with Gasteiger partial charge in [0.15, 0.2) is 0 Å². The Labute approximate surface area is 217 Å². The SMILES string of the molecule is O=C1[C@H](N2C(=O)[C@@H](CC3CC3)[C@@H](CCC(F)(F)F)C2=O)N=C(c2ccccc2)c2cccc3c2N1CCN3. The highest BCUT2D eigenvalue weighted by Crippen LogP contribution is 2.45. The third kappa shape index (κ3) is 4.35. The zero-order valence-electron chi connectivity index (χ0n) is 20.6. The summed E-state index contributed by atoms with van der Waals surface area (Å²) in [5, 5.41) is 3.29. The quantitative estimate of drug-likeness (QED) is 0.570. The molecule has 0 radical (unpaired) electrons. The minimum absolute atomic E-state index is 0.221. The zero-order chi connectivity index (χ0) is 26.6. The molecule has 1 N–H and O–H groups in total. The maximum atomic E-state index is 14.0. The van der Waals surface area contributed by atoms with Crippen molar-refractivity contribution in [3.8, 4) is 0 Å². The summed E-state index contributed by atoms with van der Waals surface area (Å²) < 4.78 is 39.4. The Morgan fingerprint density at radius 1 is 0.921 bits per heavy atom. The molecule has 2 aromatic rings. The van der Waals surface area contributed by atoms with Crippen LogP contribution in [0.2, 0.25) is 0 Å². The number of anilines is 2. The second-order valence-electron chi connectivity index (χ2n) is 10.4. The van der Waals surface area contributed by atoms with Crippen molar-refractivity contribution in [1.29, 1.82) is 0 Å². The molecule has 4 aliphatic rings. The molecule has 1 saturated heterocycles. The van der Waals surface area contributed by atoms with Gasteiger partial charge >= 0.3 is 6.18 Å². The number of nitrogens with one attached hydrogen (secondary N) is 1. The van der Waals surface area contributed by atoms with Crippen LogP contribution in [0.1, 0.15) is 43.2 Å². The van der Waals surface area contributed by atoms with Crippen molar-refractivity contribution >= 4 is 34.8 Å². The van der Waals surface area contributed by atoms with E-state index in [9.17, 15) is 27.6 Å². The number of likely N-dealkylation sites (tertiary alicyclic amines) is 1. The first-order chi connectivity index (χ1) is 18.2. The van der Waals surface area contributed by atoms with Crippen LogP contribution in [0, 0.1) is 17.8 Å². The highest BCUT2D eigenvalue weighted by molar-refractivity contribution is 6.23. The first kappa shape index (κ1) is 24.6. The van der Waals surface area contributed by atoms with Crippen LogP contribution in [0.4, 0.5) is 24.5 Å². The number of aliphatic imine (C=N–C) groups is 1. The van der Waals surface area contributed by atoms with Crippen LogP contribution in [-0.4, -0.2) is 53.8 Å². The molecule has 38 heavy (non-hydrogen) atoms. The lowest BCUT2D eigenvalue weighted by Crippen LogP contribution is -2.52. The Bertz CT molecular complexity index is 1320. The van der Waals surface area contributed by atoms with Crippen molar-refractivity contribution in [2.45, 2.75) is 44.4 Å². The lowest BCUT2D eigenvalue weighted by Gasteiger charge is -2.33. The summed E-state index contributed by atoms with van der Waals surface area (Å²) >= 11 is 0. The molecule has 2 fully saturated rings. The molecule has 3 atom stereocenters. The number of rotatable bonds is 6. The molecule has 198 valence electrons. The summed E-state index contributed by atoms with van der Waals surface area (Å²) in [6.45, 7) is 0.770. The van der Waals surface area contributed by atoms with Crippen molar-refractivity contribution in [2.75, 3.05) is 23.3 Å². The van der Waals surface area contributed by atoms with Gasteiger partial charge in [-0.2, -0.15) is 13.2 Å². The van der Waals surface area contributed by atoms with E-state index in [1.807, 2.05) is 48.5 Å². The van der Waals surface area contributed by atoms with Gasteiger partial charge in [-0.25, -0.2) is 9.89 Å². The van der Waals surface area contributed by atoms with Crippen LogP contribution in [0.15, 0.2) is 53.5 Å². The first-order valence-electron chi connectivity index (χ1n) is 13.0. The molecular formula is C28H27F3N4O3. The van der Waals surface area contributed by atoms with E-state index in [2.05, 4.69) is 5.32 Å². The number of carbonyl (C=O) groups is 3. The monoisotopic (exact) mass is 524 g/mol. The van der Waals surface area contributed by atoms with Gasteiger partial charge in [0, 0.05) is 30.6 Å². The van der Waals surface area contributed by atoms with Crippen LogP contribution < -0.4 is 10.2 Å². The van der Waals surface area contributed by atoms with E-state index >= 15 is 0 Å². The lowest BCUT2D eigenvalue weighted by atomic mass is 9.86. The minimum Gasteiger partial charge on any atom is -0.382 e. The maximum Gasteiger partial charge on any atom is 0.389 e. The molecule has 0 unspecified atom stereocenters. The number of para-hydroxylation sites is 1. The lowest BCUT2D eigenvalue weighted by molar-refractivity contribution is -0.148. The van der Waals surface area contributed by atoms with Crippen molar-refractivity contribution in [3.05, 3.63) is 59.7 Å². The molecule has 6 rings (SSSR count). The second kappa shape index (κ2) is 9.25. The molecule has 1 aliphatic carbocycles. The summed E-state index contributed by atoms with van der Waals surface area (Å²) in [7, 11) is 0. The zero-order valence-corrected chi connectivity index (χ0v) is 20.6. The van der Waals surface area contributed by atoms with Crippen LogP contribution in [0.25, 0.3) is 0 Å². The van der Waals surface area contributed by atoms with E-state index < -0.39 is 54.7 Å². The molecule has 3 aliphatic heterocycles. The summed E-state index contributed by atoms with van der Waals surface area (Å²) in [4.78, 5) is 48.6. The molecule has 0 spiro atoms. The number of hydrogen-bond donors (Lipinski definition) is 1. The summed E-state index contributed by atoms with van der Waals surface area (Å²) in [6, 6.07) is 14.7. The van der Waals surface area contributed by atoms with Crippen LogP contribution in [0.3, 0.4) is 0 Å². The predicted molar refractivity (Wildman–Crippen MR) is 135 cm³/mol. The largest absolute Gasteiger partial charge is 0.389 e. The van der Waals surface area contributed by atoms with E-state index in [0.29, 0.717) is 42.0 Å². The van der Waals surface area contributed by atoms with Gasteiger partial charge in [-0.15, -0.1) is 0 Å². The van der Waals surface area contributed by atoms with Gasteiger partial charge in [0.1, 0.15) is 0 Å². The highest BCUT2D eigenvalue weighted by Gasteiger charge is 2.54. The number of imide groups is 1. The smallest absolute Gasteiger partial charge is 0.382 e. The van der Waals surface area contributed by atoms with Crippen molar-refractivity contribution in [3.63, 3.8) is 0 Å². The Hall–Kier alpha value is -3.69. The van der Waals surface area contributed by atoms with Gasteiger partial charge in [-0.05, 0) is 24.8 Å². The molecule has 3 heterocycles. The summed E-state index contributed by atoms with van der Waals surface area (Å²) in [6.07, 6.45) is -5.43. The third-order valence-corrected chi connectivity index (χ3v) is 7.86. The number of halogens is 3. The van der Waals surface area contributed by atoms with Gasteiger partial charge in [0.2, 0.25) is 18.0 Å². The standard InChI is InChI=1S/C28H27F3N4O3/c29-28(30,31)12-11-18-20(15-16-9-10-16)26(37)35(25(18)36)24-27(38)34-14-13-32-21-8-4-7-19(23(21)34)22(33-24)17-5-2-1-3-6-17/h1-8,16,18,20,24,32H,9-15H2/t18-,20+,24+/m1/s1. The highest BCUT2D eigenvalue weighted by atomic mass is 19.4. The third-order valence-electron chi connectivity index (χ3n) is 7.86. The number of carbonyl (C=O) groups excluding carboxylic acids is 3. The van der Waals surface area contributed by atoms with Crippen molar-refractivity contribution in [1.82, 2.24) is 4.90 Å². The van der Waals surface area contributed by atoms with E-state index in [-0.39, 0.29) is 5.92 Å². The van der Waals surface area contributed by atoms with Crippen LogP contribution >= 0.6 is 0 Å². The average molecular weight is 525 g/mol. The fraction of sp³-hybridized carbons (Fsp3) is 0.429. The molecular weight excluding hydrogens is 497 g/mol. The maximum absolute atomic E-state index is 14.0. The molecule has 7 nitrogen and oxygen atoms in total. The second-order valence-corrected chi connectivity index (χ2v) is 10.4. The molecule has 2 aromatic carbocycles. The van der Waals surface area contributed by atoms with Crippen molar-refractivity contribution in [2.24, 2.45) is 22.7 Å². The average Bonchev–Trinajstić information content (AvgIpc) is 3.70. The Morgan fingerprint density at radius 3 is 2.37 bits per heavy atom. The van der Waals surface area contributed by atoms with Gasteiger partial charge < -0.3 is 10.2 Å². The van der Waals surface area contributed by atoms with E-state index in [4.69, 9.17) is 4.99 Å².